The van der Waals surface area contributed by atoms with E-state index in [4.69, 9.17) is 17.8 Å². The van der Waals surface area contributed by atoms with Crippen molar-refractivity contribution in [3.8, 4) is 0 Å². The molecule has 0 unspecified atom stereocenters. The van der Waals surface area contributed by atoms with Gasteiger partial charge < -0.3 is 10.8 Å². The number of rotatable bonds is 3. The molecule has 3 N–H and O–H groups in total. The molecule has 0 aromatic carbocycles. The predicted molar refractivity (Wildman–Crippen MR) is 37.7 cm³/mol. The quantitative estimate of drug-likeness (QED) is 0.580. The molecule has 2 heteroatoms. The van der Waals surface area contributed by atoms with Gasteiger partial charge in [0.2, 0.25) is 0 Å². The molecule has 0 saturated carbocycles. The monoisotopic (exact) mass is 129 g/mol. The van der Waals surface area contributed by atoms with Crippen molar-refractivity contribution in [2.24, 2.45) is 11.7 Å². The van der Waals surface area contributed by atoms with Gasteiger partial charge in [-0.3, -0.25) is 0 Å². The zero-order chi connectivity index (χ0) is 7.44. The summed E-state index contributed by atoms with van der Waals surface area (Å²) in [6.45, 7) is 9.20. The highest BCUT2D eigenvalue weighted by atomic mass is 16.3. The van der Waals surface area contributed by atoms with Gasteiger partial charge in [0.05, 0.1) is 6.10 Å². The van der Waals surface area contributed by atoms with Crippen molar-refractivity contribution < 1.29 is 5.11 Å². The van der Waals surface area contributed by atoms with Crippen LogP contribution in [0.4, 0.5) is 0 Å². The fourth-order valence-corrected chi connectivity index (χ4v) is 0.684. The van der Waals surface area contributed by atoms with Crippen molar-refractivity contribution >= 4 is 0 Å². The summed E-state index contributed by atoms with van der Waals surface area (Å²) in [5.74, 6) is 0.498. The van der Waals surface area contributed by atoms with E-state index in [-0.39, 0.29) is 6.04 Å². The maximum Gasteiger partial charge on any atom is 0.0726 e. The van der Waals surface area contributed by atoms with Crippen molar-refractivity contribution in [2.45, 2.75) is 32.4 Å². The molecule has 0 rings (SSSR count). The van der Waals surface area contributed by atoms with Crippen molar-refractivity contribution in [1.82, 2.24) is 0 Å². The minimum absolute atomic E-state index is 0.273. The first-order valence-electron chi connectivity index (χ1n) is 3.23. The van der Waals surface area contributed by atoms with Gasteiger partial charge in [0, 0.05) is 6.04 Å². The van der Waals surface area contributed by atoms with Crippen LogP contribution in [0.3, 0.4) is 0 Å². The summed E-state index contributed by atoms with van der Waals surface area (Å²) >= 11 is 0. The number of nitrogens with two attached hydrogens (primary N) is 1. The highest BCUT2D eigenvalue weighted by molar-refractivity contribution is 4.73. The lowest BCUT2D eigenvalue weighted by Gasteiger charge is -2.15. The fraction of sp³-hybridized carbons (Fsp3) is 0.857. The van der Waals surface area contributed by atoms with Crippen molar-refractivity contribution in [2.75, 3.05) is 0 Å². The molecule has 0 amide bonds. The number of aliphatic hydroxyl groups is 1. The number of aliphatic hydroxyl groups excluding tert-OH is 1. The molecule has 2 radical (unpaired) electrons. The molecule has 54 valence electrons. The van der Waals surface area contributed by atoms with Gasteiger partial charge in [-0.15, -0.1) is 0 Å². The van der Waals surface area contributed by atoms with Crippen LogP contribution in [0.5, 0.6) is 0 Å². The Bertz CT molecular complexity index is 71.3. The second-order valence-corrected chi connectivity index (χ2v) is 2.78. The molecule has 0 spiro atoms. The van der Waals surface area contributed by atoms with Crippen LogP contribution in [0.15, 0.2) is 0 Å². The molecule has 0 heterocycles. The Labute approximate surface area is 57.1 Å². The van der Waals surface area contributed by atoms with Crippen LogP contribution in [-0.2, 0) is 0 Å². The van der Waals surface area contributed by atoms with E-state index in [0.717, 1.165) is 6.42 Å². The van der Waals surface area contributed by atoms with Gasteiger partial charge >= 0.3 is 0 Å². The molecule has 0 bridgehead atoms. The van der Waals surface area contributed by atoms with E-state index in [2.05, 4.69) is 0 Å². The number of hydrogen-bond acceptors (Lipinski definition) is 2. The molecule has 0 saturated heterocycles. The third kappa shape index (κ3) is 4.43. The maximum atomic E-state index is 8.72. The summed E-state index contributed by atoms with van der Waals surface area (Å²) < 4.78 is 0. The van der Waals surface area contributed by atoms with E-state index in [1.807, 2.05) is 13.8 Å². The zero-order valence-corrected chi connectivity index (χ0v) is 6.04. The predicted octanol–water partition coefficient (Wildman–Crippen LogP) is 0.432. The second kappa shape index (κ2) is 3.85. The summed E-state index contributed by atoms with van der Waals surface area (Å²) in [6, 6.07) is -0.273. The SMILES string of the molecule is [CH][C@H](O)[C@@H](N)CC(C)C. The second-order valence-electron chi connectivity index (χ2n) is 2.78. The Kier molecular flexibility index (Phi) is 3.82. The van der Waals surface area contributed by atoms with E-state index in [1.54, 1.807) is 0 Å². The summed E-state index contributed by atoms with van der Waals surface area (Å²) in [7, 11) is 0. The van der Waals surface area contributed by atoms with E-state index in [9.17, 15) is 0 Å². The maximum absolute atomic E-state index is 8.72. The first kappa shape index (κ1) is 8.92. The summed E-state index contributed by atoms with van der Waals surface area (Å²) in [5.41, 5.74) is 5.44. The molecule has 9 heavy (non-hydrogen) atoms. The van der Waals surface area contributed by atoms with E-state index >= 15 is 0 Å². The van der Waals surface area contributed by atoms with E-state index < -0.39 is 6.10 Å². The van der Waals surface area contributed by atoms with E-state index in [0.29, 0.717) is 5.92 Å². The van der Waals surface area contributed by atoms with Crippen LogP contribution in [0.2, 0.25) is 0 Å². The molecule has 0 aliphatic heterocycles. The van der Waals surface area contributed by atoms with Crippen LogP contribution >= 0.6 is 0 Å². The smallest absolute Gasteiger partial charge is 0.0726 e. The van der Waals surface area contributed by atoms with Crippen LogP contribution < -0.4 is 5.73 Å². The topological polar surface area (TPSA) is 46.2 Å². The highest BCUT2D eigenvalue weighted by Crippen LogP contribution is 2.04. The molecular weight excluding hydrogens is 114 g/mol. The van der Waals surface area contributed by atoms with Crippen LogP contribution in [-0.4, -0.2) is 17.3 Å². The fourth-order valence-electron chi connectivity index (χ4n) is 0.684. The highest BCUT2D eigenvalue weighted by Gasteiger charge is 2.10. The Balaban J connectivity index is 3.38. The lowest BCUT2D eigenvalue weighted by molar-refractivity contribution is 0.176. The minimum atomic E-state index is -0.868. The average molecular weight is 129 g/mol. The van der Waals surface area contributed by atoms with Gasteiger partial charge in [0.15, 0.2) is 0 Å². The summed E-state index contributed by atoms with van der Waals surface area (Å²) in [6.07, 6.45) is -0.0927. The Hall–Kier alpha value is -0.0800. The molecule has 2 atom stereocenters. The van der Waals surface area contributed by atoms with Crippen molar-refractivity contribution in [3.05, 3.63) is 6.92 Å². The third-order valence-corrected chi connectivity index (χ3v) is 1.18. The standard InChI is InChI=1S/C7H15NO/c1-5(2)4-7(8)6(3)9/h3,5-7,9H,4,8H2,1-2H3/t6-,7-/m0/s1. The Morgan fingerprint density at radius 1 is 1.56 bits per heavy atom. The van der Waals surface area contributed by atoms with Gasteiger partial charge in [-0.1, -0.05) is 13.8 Å². The van der Waals surface area contributed by atoms with Crippen molar-refractivity contribution in [1.29, 1.82) is 0 Å². The van der Waals surface area contributed by atoms with Gasteiger partial charge in [0.25, 0.3) is 0 Å². The lowest BCUT2D eigenvalue weighted by Crippen LogP contribution is -2.33. The Morgan fingerprint density at radius 3 is 2.11 bits per heavy atom. The number of hydrogen-bond donors (Lipinski definition) is 2. The molecule has 0 aromatic rings. The average Bonchev–Trinajstić information content (AvgIpc) is 1.63. The molecule has 0 fully saturated rings. The third-order valence-electron chi connectivity index (χ3n) is 1.18. The first-order valence-corrected chi connectivity index (χ1v) is 3.23. The van der Waals surface area contributed by atoms with Gasteiger partial charge in [0.1, 0.15) is 0 Å². The van der Waals surface area contributed by atoms with Crippen molar-refractivity contribution in [3.63, 3.8) is 0 Å². The van der Waals surface area contributed by atoms with Gasteiger partial charge in [-0.25, -0.2) is 0 Å². The van der Waals surface area contributed by atoms with E-state index in [1.165, 1.54) is 0 Å². The van der Waals surface area contributed by atoms with Gasteiger partial charge in [-0.2, -0.15) is 0 Å². The summed E-state index contributed by atoms with van der Waals surface area (Å²) in [5, 5.41) is 8.72. The van der Waals surface area contributed by atoms with Crippen LogP contribution in [0, 0.1) is 12.8 Å². The Morgan fingerprint density at radius 2 is 2.00 bits per heavy atom. The molecule has 0 aliphatic rings. The zero-order valence-electron chi connectivity index (χ0n) is 6.04. The molecule has 0 aromatic heterocycles. The van der Waals surface area contributed by atoms with Crippen LogP contribution in [0.1, 0.15) is 20.3 Å². The minimum Gasteiger partial charge on any atom is -0.391 e. The molecule has 0 aliphatic carbocycles. The molecule has 2 nitrogen and oxygen atoms in total. The van der Waals surface area contributed by atoms with Gasteiger partial charge in [-0.05, 0) is 19.3 Å². The lowest BCUT2D eigenvalue weighted by atomic mass is 10.0. The summed E-state index contributed by atoms with van der Waals surface area (Å²) in [4.78, 5) is 0. The first-order chi connectivity index (χ1) is 4.04. The largest absolute Gasteiger partial charge is 0.391 e. The normalized spacial score (nSPS) is 18.0. The van der Waals surface area contributed by atoms with Crippen LogP contribution in [0.25, 0.3) is 0 Å². The molecular formula is C7H15NO.